The molecule has 7 nitrogen and oxygen atoms in total. The number of imidazole rings is 1. The number of ether oxygens (including phenoxy) is 1. The molecule has 0 saturated carbocycles. The van der Waals surface area contributed by atoms with E-state index in [1.165, 1.54) is 0 Å². The topological polar surface area (TPSA) is 63.8 Å². The molecule has 5 rings (SSSR count). The van der Waals surface area contributed by atoms with Gasteiger partial charge >= 0.3 is 0 Å². The van der Waals surface area contributed by atoms with Crippen LogP contribution in [0.4, 0.5) is 0 Å². The third-order valence-electron chi connectivity index (χ3n) is 5.77. The Kier molecular flexibility index (Phi) is 4.38. The maximum atomic E-state index is 12.8. The van der Waals surface area contributed by atoms with E-state index in [-0.39, 0.29) is 18.1 Å². The number of hydrogen-bond acceptors (Lipinski definition) is 4. The van der Waals surface area contributed by atoms with Crippen molar-refractivity contribution < 1.29 is 9.53 Å². The number of rotatable bonds is 3. The van der Waals surface area contributed by atoms with Crippen molar-refractivity contribution in [2.45, 2.75) is 24.6 Å². The number of carbonyl (C=O) groups excluding carboxylic acids is 1. The van der Waals surface area contributed by atoms with Crippen LogP contribution in [0.5, 0.6) is 0 Å². The molecule has 2 aliphatic heterocycles. The van der Waals surface area contributed by atoms with E-state index < -0.39 is 0 Å². The fraction of sp³-hybridized carbons (Fsp3) is 0.400. The quantitative estimate of drug-likeness (QED) is 0.733. The van der Waals surface area contributed by atoms with Crippen LogP contribution in [0.15, 0.2) is 42.9 Å². The molecule has 1 N–H and O–H groups in total. The number of aryl methyl sites for hydroxylation is 1. The number of benzene rings is 1. The Labute approximate surface area is 167 Å². The van der Waals surface area contributed by atoms with Gasteiger partial charge in [-0.1, -0.05) is 23.7 Å². The highest BCUT2D eigenvalue weighted by Crippen LogP contribution is 2.31. The number of amides is 1. The largest absolute Gasteiger partial charge is 0.371 e. The highest BCUT2D eigenvalue weighted by atomic mass is 35.5. The molecule has 8 heteroatoms. The Morgan fingerprint density at radius 1 is 1.25 bits per heavy atom. The predicted molar refractivity (Wildman–Crippen MR) is 106 cm³/mol. The molecule has 2 fully saturated rings. The summed E-state index contributed by atoms with van der Waals surface area (Å²) in [6.07, 6.45) is 6.31. The normalized spacial score (nSPS) is 25.1. The Morgan fingerprint density at radius 3 is 2.89 bits per heavy atom. The van der Waals surface area contributed by atoms with Gasteiger partial charge in [0.2, 0.25) is 0 Å². The first-order valence-electron chi connectivity index (χ1n) is 9.49. The molecule has 2 aliphatic rings. The lowest BCUT2D eigenvalue weighted by molar-refractivity contribution is -0.0502. The molecule has 0 aliphatic carbocycles. The van der Waals surface area contributed by atoms with Gasteiger partial charge in [0.15, 0.2) is 0 Å². The summed E-state index contributed by atoms with van der Waals surface area (Å²) in [5.74, 6) is -0.0724. The summed E-state index contributed by atoms with van der Waals surface area (Å²) in [5.41, 5.74) is 2.55. The SMILES string of the molecule is Cn1ccn2ncc(C(=O)N[C@H]3C[C@H]4CO[C@@H](c5ccc(Cl)cc5)CN4C3)c12. The second-order valence-corrected chi connectivity index (χ2v) is 8.06. The van der Waals surface area contributed by atoms with Crippen LogP contribution in [0, 0.1) is 0 Å². The number of halogens is 1. The number of fused-ring (bicyclic) bond motifs is 2. The molecule has 2 saturated heterocycles. The highest BCUT2D eigenvalue weighted by Gasteiger charge is 2.38. The first-order chi connectivity index (χ1) is 13.6. The molecule has 0 unspecified atom stereocenters. The van der Waals surface area contributed by atoms with E-state index in [0.717, 1.165) is 35.7 Å². The lowest BCUT2D eigenvalue weighted by Crippen LogP contribution is -2.43. The van der Waals surface area contributed by atoms with Gasteiger partial charge in [-0.25, -0.2) is 4.52 Å². The average molecular weight is 400 g/mol. The lowest BCUT2D eigenvalue weighted by Gasteiger charge is -2.35. The summed E-state index contributed by atoms with van der Waals surface area (Å²) in [6.45, 7) is 2.34. The third-order valence-corrected chi connectivity index (χ3v) is 6.03. The Morgan fingerprint density at radius 2 is 2.07 bits per heavy atom. The van der Waals surface area contributed by atoms with E-state index in [9.17, 15) is 4.79 Å². The van der Waals surface area contributed by atoms with Crippen LogP contribution < -0.4 is 5.32 Å². The Bertz CT molecular complexity index is 1010. The van der Waals surface area contributed by atoms with Gasteiger partial charge in [-0.05, 0) is 24.1 Å². The van der Waals surface area contributed by atoms with Crippen LogP contribution in [-0.2, 0) is 11.8 Å². The van der Waals surface area contributed by atoms with E-state index in [2.05, 4.69) is 15.3 Å². The van der Waals surface area contributed by atoms with E-state index in [1.54, 1.807) is 10.7 Å². The minimum absolute atomic E-state index is 0.0432. The standard InChI is InChI=1S/C20H22ClN5O2/c1-24-6-7-26-20(24)17(9-22-26)19(27)23-15-8-16-12-28-18(11-25(16)10-15)13-2-4-14(21)5-3-13/h2-7,9,15-16,18H,8,10-12H2,1H3,(H,23,27)/t15-,16-,18+/m0/s1. The molecule has 4 heterocycles. The molecular weight excluding hydrogens is 378 g/mol. The molecule has 0 spiro atoms. The van der Waals surface area contributed by atoms with E-state index in [4.69, 9.17) is 16.3 Å². The Hall–Kier alpha value is -2.35. The number of aromatic nitrogens is 3. The van der Waals surface area contributed by atoms with Gasteiger partial charge in [-0.3, -0.25) is 9.69 Å². The zero-order valence-corrected chi connectivity index (χ0v) is 16.3. The van der Waals surface area contributed by atoms with Gasteiger partial charge in [-0.2, -0.15) is 5.10 Å². The second kappa shape index (κ2) is 6.92. The van der Waals surface area contributed by atoms with E-state index >= 15 is 0 Å². The summed E-state index contributed by atoms with van der Waals surface area (Å²) < 4.78 is 9.72. The monoisotopic (exact) mass is 399 g/mol. The van der Waals surface area contributed by atoms with Crippen molar-refractivity contribution in [1.82, 2.24) is 24.4 Å². The van der Waals surface area contributed by atoms with E-state index in [1.807, 2.05) is 48.3 Å². The van der Waals surface area contributed by atoms with Crippen LogP contribution in [-0.4, -0.2) is 56.8 Å². The smallest absolute Gasteiger partial charge is 0.256 e. The van der Waals surface area contributed by atoms with Gasteiger partial charge in [-0.15, -0.1) is 0 Å². The molecular formula is C20H22ClN5O2. The van der Waals surface area contributed by atoms with Gasteiger partial charge < -0.3 is 14.6 Å². The van der Waals surface area contributed by atoms with Crippen molar-refractivity contribution >= 4 is 23.2 Å². The van der Waals surface area contributed by atoms with E-state index in [0.29, 0.717) is 18.2 Å². The molecule has 2 aromatic heterocycles. The zero-order chi connectivity index (χ0) is 19.3. The van der Waals surface area contributed by atoms with Crippen LogP contribution in [0.2, 0.25) is 5.02 Å². The number of nitrogens with one attached hydrogen (secondary N) is 1. The number of morpholine rings is 1. The first-order valence-corrected chi connectivity index (χ1v) is 9.87. The minimum atomic E-state index is -0.0724. The summed E-state index contributed by atoms with van der Waals surface area (Å²) in [6, 6.07) is 8.30. The number of nitrogens with zero attached hydrogens (tertiary/aromatic N) is 4. The first kappa shape index (κ1) is 17.7. The molecule has 1 aromatic carbocycles. The summed E-state index contributed by atoms with van der Waals surface area (Å²) >= 11 is 5.99. The fourth-order valence-electron chi connectivity index (χ4n) is 4.33. The van der Waals surface area contributed by atoms with Crippen LogP contribution >= 0.6 is 11.6 Å². The summed E-state index contributed by atoms with van der Waals surface area (Å²) in [4.78, 5) is 15.2. The zero-order valence-electron chi connectivity index (χ0n) is 15.6. The van der Waals surface area contributed by atoms with Gasteiger partial charge in [0.05, 0.1) is 18.9 Å². The maximum absolute atomic E-state index is 12.8. The third kappa shape index (κ3) is 3.09. The molecule has 0 radical (unpaired) electrons. The van der Waals surface area contributed by atoms with Gasteiger partial charge in [0.25, 0.3) is 5.91 Å². The van der Waals surface area contributed by atoms with Crippen LogP contribution in [0.3, 0.4) is 0 Å². The Balaban J connectivity index is 1.25. The van der Waals surface area contributed by atoms with Crippen LogP contribution in [0.1, 0.15) is 28.4 Å². The minimum Gasteiger partial charge on any atom is -0.371 e. The molecule has 3 atom stereocenters. The predicted octanol–water partition coefficient (Wildman–Crippen LogP) is 2.27. The maximum Gasteiger partial charge on any atom is 0.256 e. The highest BCUT2D eigenvalue weighted by molar-refractivity contribution is 6.30. The van der Waals surface area contributed by atoms with Crippen LogP contribution in [0.25, 0.3) is 5.65 Å². The average Bonchev–Trinajstić information content (AvgIpc) is 3.37. The second-order valence-electron chi connectivity index (χ2n) is 7.62. The van der Waals surface area contributed by atoms with Crippen molar-refractivity contribution in [3.05, 3.63) is 59.0 Å². The molecule has 1 amide bonds. The molecule has 28 heavy (non-hydrogen) atoms. The fourth-order valence-corrected chi connectivity index (χ4v) is 4.46. The van der Waals surface area contributed by atoms with Crippen molar-refractivity contribution in [3.63, 3.8) is 0 Å². The molecule has 3 aromatic rings. The molecule has 0 bridgehead atoms. The van der Waals surface area contributed by atoms with Gasteiger partial charge in [0, 0.05) is 49.6 Å². The van der Waals surface area contributed by atoms with Crippen molar-refractivity contribution in [2.24, 2.45) is 7.05 Å². The van der Waals surface area contributed by atoms with Crippen molar-refractivity contribution in [2.75, 3.05) is 19.7 Å². The summed E-state index contributed by atoms with van der Waals surface area (Å²) in [5, 5.41) is 8.17. The van der Waals surface area contributed by atoms with Crippen molar-refractivity contribution in [1.29, 1.82) is 0 Å². The number of hydrogen-bond donors (Lipinski definition) is 1. The molecule has 146 valence electrons. The summed E-state index contributed by atoms with van der Waals surface area (Å²) in [7, 11) is 1.91. The number of carbonyl (C=O) groups is 1. The van der Waals surface area contributed by atoms with Crippen molar-refractivity contribution in [3.8, 4) is 0 Å². The lowest BCUT2D eigenvalue weighted by atomic mass is 10.1. The van der Waals surface area contributed by atoms with Gasteiger partial charge in [0.1, 0.15) is 11.2 Å².